The van der Waals surface area contributed by atoms with Gasteiger partial charge in [-0.2, -0.15) is 0 Å². The number of fused-ring (bicyclic) bond motifs is 3. The minimum atomic E-state index is -3.38. The fraction of sp³-hybridized carbons (Fsp3) is 0.292. The van der Waals surface area contributed by atoms with Gasteiger partial charge >= 0.3 is 12.1 Å². The highest BCUT2D eigenvalue weighted by atomic mass is 32.2. The summed E-state index contributed by atoms with van der Waals surface area (Å²) in [5.41, 5.74) is 4.22. The van der Waals surface area contributed by atoms with Gasteiger partial charge in [-0.05, 0) is 28.7 Å². The number of carboxylic acids is 1. The van der Waals surface area contributed by atoms with Gasteiger partial charge in [-0.25, -0.2) is 18.0 Å². The second-order valence-corrected chi connectivity index (χ2v) is 10.2. The summed E-state index contributed by atoms with van der Waals surface area (Å²) in [6.07, 6.45) is 2.12. The van der Waals surface area contributed by atoms with E-state index in [0.29, 0.717) is 0 Å². The summed E-state index contributed by atoms with van der Waals surface area (Å²) >= 11 is 0. The zero-order valence-electron chi connectivity index (χ0n) is 18.6. The predicted octanol–water partition coefficient (Wildman–Crippen LogP) is 2.09. The maximum Gasteiger partial charge on any atom is 0.407 e. The van der Waals surface area contributed by atoms with Gasteiger partial charge < -0.3 is 20.5 Å². The van der Waals surface area contributed by atoms with E-state index in [0.717, 1.165) is 34.6 Å². The number of carboxylic acid groups (broad SMARTS) is 1. The zero-order chi connectivity index (χ0) is 24.7. The Morgan fingerprint density at radius 3 is 2.21 bits per heavy atom. The number of ether oxygens (including phenoxy) is 1. The van der Waals surface area contributed by atoms with E-state index in [4.69, 9.17) is 9.84 Å². The Labute approximate surface area is 197 Å². The van der Waals surface area contributed by atoms with Crippen molar-refractivity contribution in [2.45, 2.75) is 18.4 Å². The molecule has 0 aromatic heterocycles. The van der Waals surface area contributed by atoms with Crippen molar-refractivity contribution in [2.24, 2.45) is 0 Å². The molecule has 0 aliphatic heterocycles. The third kappa shape index (κ3) is 6.67. The molecule has 1 unspecified atom stereocenters. The van der Waals surface area contributed by atoms with Crippen LogP contribution in [0.5, 0.6) is 0 Å². The number of hydrogen-bond donors (Lipinski definition) is 3. The van der Waals surface area contributed by atoms with Gasteiger partial charge in [0.25, 0.3) is 0 Å². The molecular weight excluding hydrogens is 460 g/mol. The number of aliphatic carboxylic acids is 1. The molecular formula is C24H26N2O7S. The summed E-state index contributed by atoms with van der Waals surface area (Å²) in [6, 6.07) is 14.6. The highest BCUT2D eigenvalue weighted by molar-refractivity contribution is 7.90. The monoisotopic (exact) mass is 486 g/mol. The fourth-order valence-corrected chi connectivity index (χ4v) is 4.49. The van der Waals surface area contributed by atoms with Gasteiger partial charge in [0.1, 0.15) is 22.5 Å². The molecule has 0 heterocycles. The molecule has 1 atom stereocenters. The average molecular weight is 487 g/mol. The lowest BCUT2D eigenvalue weighted by Crippen LogP contribution is -2.48. The van der Waals surface area contributed by atoms with Crippen LogP contribution in [0.4, 0.5) is 4.79 Å². The van der Waals surface area contributed by atoms with Gasteiger partial charge in [0, 0.05) is 24.8 Å². The lowest BCUT2D eigenvalue weighted by molar-refractivity contribution is -0.131. The highest BCUT2D eigenvalue weighted by Gasteiger charge is 2.30. The molecule has 3 rings (SSSR count). The zero-order valence-corrected chi connectivity index (χ0v) is 19.4. The summed E-state index contributed by atoms with van der Waals surface area (Å²) in [4.78, 5) is 35.5. The van der Waals surface area contributed by atoms with Crippen molar-refractivity contribution in [3.63, 3.8) is 0 Å². The molecule has 0 saturated heterocycles. The molecule has 2 aromatic rings. The normalized spacial score (nSPS) is 13.7. The Bertz CT molecular complexity index is 1160. The van der Waals surface area contributed by atoms with E-state index in [1.165, 1.54) is 6.08 Å². The van der Waals surface area contributed by atoms with E-state index >= 15 is 0 Å². The van der Waals surface area contributed by atoms with Gasteiger partial charge in [0.2, 0.25) is 5.91 Å². The molecule has 0 spiro atoms. The largest absolute Gasteiger partial charge is 0.478 e. The summed E-state index contributed by atoms with van der Waals surface area (Å²) in [5, 5.41) is 13.5. The van der Waals surface area contributed by atoms with Gasteiger partial charge in [-0.3, -0.25) is 4.79 Å². The summed E-state index contributed by atoms with van der Waals surface area (Å²) in [7, 11) is -3.38. The van der Waals surface area contributed by atoms with Crippen LogP contribution >= 0.6 is 0 Å². The maximum atomic E-state index is 12.5. The van der Waals surface area contributed by atoms with E-state index in [-0.39, 0.29) is 31.2 Å². The molecule has 9 nitrogen and oxygen atoms in total. The summed E-state index contributed by atoms with van der Waals surface area (Å²) in [6.45, 7) is -0.0471. The molecule has 2 amide bonds. The molecule has 3 N–H and O–H groups in total. The van der Waals surface area contributed by atoms with Crippen molar-refractivity contribution >= 4 is 27.8 Å². The topological polar surface area (TPSA) is 139 Å². The quantitative estimate of drug-likeness (QED) is 0.437. The number of nitrogens with one attached hydrogen (secondary N) is 2. The third-order valence-electron chi connectivity index (χ3n) is 5.38. The molecule has 1 aliphatic carbocycles. The number of benzene rings is 2. The number of carbonyl (C=O) groups excluding carboxylic acids is 2. The Morgan fingerprint density at radius 1 is 1.06 bits per heavy atom. The molecule has 10 heteroatoms. The number of rotatable bonds is 10. The minimum Gasteiger partial charge on any atom is -0.478 e. The Morgan fingerprint density at radius 2 is 1.65 bits per heavy atom. The van der Waals surface area contributed by atoms with E-state index in [1.807, 2.05) is 48.5 Å². The molecule has 1 aliphatic rings. The van der Waals surface area contributed by atoms with Crippen molar-refractivity contribution in [3.8, 4) is 11.1 Å². The number of alkyl carbamates (subject to hydrolysis) is 1. The first-order valence-electron chi connectivity index (χ1n) is 10.6. The fourth-order valence-electron chi connectivity index (χ4n) is 3.83. The van der Waals surface area contributed by atoms with E-state index in [2.05, 4.69) is 10.6 Å². The first-order valence-corrected chi connectivity index (χ1v) is 12.7. The first-order chi connectivity index (χ1) is 16.2. The van der Waals surface area contributed by atoms with Crippen molar-refractivity contribution in [1.82, 2.24) is 10.6 Å². The number of carbonyl (C=O) groups is 3. The molecule has 0 saturated carbocycles. The van der Waals surface area contributed by atoms with Crippen LogP contribution in [0.25, 0.3) is 11.1 Å². The van der Waals surface area contributed by atoms with Gasteiger partial charge in [-0.1, -0.05) is 54.6 Å². The van der Waals surface area contributed by atoms with Crippen molar-refractivity contribution in [2.75, 3.05) is 25.2 Å². The van der Waals surface area contributed by atoms with Crippen LogP contribution in [0, 0.1) is 0 Å². The number of hydrogen-bond acceptors (Lipinski definition) is 6. The second-order valence-electron chi connectivity index (χ2n) is 7.93. The highest BCUT2D eigenvalue weighted by Crippen LogP contribution is 2.44. The average Bonchev–Trinajstić information content (AvgIpc) is 3.11. The van der Waals surface area contributed by atoms with Crippen LogP contribution in [0.1, 0.15) is 23.5 Å². The Balaban J connectivity index is 1.64. The van der Waals surface area contributed by atoms with Crippen LogP contribution in [-0.4, -0.2) is 62.7 Å². The lowest BCUT2D eigenvalue weighted by atomic mass is 9.98. The summed E-state index contributed by atoms with van der Waals surface area (Å²) < 4.78 is 28.6. The molecule has 0 radical (unpaired) electrons. The molecule has 2 aromatic carbocycles. The molecule has 0 fully saturated rings. The standard InChI is InChI=1S/C24H26N2O7S/c1-34(31,32)14-12-21(23(29)25-13-6-11-22(27)28)26-24(30)33-15-20-18-9-4-2-7-16(18)17-8-3-5-10-19(17)20/h2-11,20-21H,12-15H2,1H3,(H,25,29)(H,26,30)(H,27,28)/b11-6+. The van der Waals surface area contributed by atoms with Crippen LogP contribution < -0.4 is 10.6 Å². The molecule has 180 valence electrons. The summed E-state index contributed by atoms with van der Waals surface area (Å²) in [5.74, 6) is -2.30. The third-order valence-corrected chi connectivity index (χ3v) is 6.36. The van der Waals surface area contributed by atoms with E-state index < -0.39 is 33.8 Å². The minimum absolute atomic E-state index is 0.0433. The van der Waals surface area contributed by atoms with E-state index in [9.17, 15) is 22.8 Å². The van der Waals surface area contributed by atoms with Gasteiger partial charge in [0.15, 0.2) is 0 Å². The van der Waals surface area contributed by atoms with Crippen molar-refractivity contribution in [1.29, 1.82) is 0 Å². The van der Waals surface area contributed by atoms with E-state index in [1.54, 1.807) is 0 Å². The van der Waals surface area contributed by atoms with Crippen molar-refractivity contribution in [3.05, 3.63) is 71.8 Å². The molecule has 0 bridgehead atoms. The number of sulfone groups is 1. The van der Waals surface area contributed by atoms with Crippen molar-refractivity contribution < 1.29 is 32.6 Å². The van der Waals surface area contributed by atoms with Crippen LogP contribution in [0.15, 0.2) is 60.7 Å². The van der Waals surface area contributed by atoms with Crippen LogP contribution in [0.2, 0.25) is 0 Å². The van der Waals surface area contributed by atoms with Gasteiger partial charge in [-0.15, -0.1) is 0 Å². The first kappa shape index (κ1) is 25.0. The molecule has 34 heavy (non-hydrogen) atoms. The van der Waals surface area contributed by atoms with Crippen LogP contribution in [0.3, 0.4) is 0 Å². The Kier molecular flexibility index (Phi) is 8.06. The number of amides is 2. The predicted molar refractivity (Wildman–Crippen MR) is 126 cm³/mol. The van der Waals surface area contributed by atoms with Gasteiger partial charge in [0.05, 0.1) is 5.75 Å². The Hall–Kier alpha value is -3.66. The van der Waals surface area contributed by atoms with Crippen LogP contribution in [-0.2, 0) is 24.2 Å². The smallest absolute Gasteiger partial charge is 0.407 e. The maximum absolute atomic E-state index is 12.5. The SMILES string of the molecule is CS(=O)(=O)CCC(NC(=O)OCC1c2ccccc2-c2ccccc21)C(=O)NC/C=C/C(=O)O. The second kappa shape index (κ2) is 11.0. The lowest BCUT2D eigenvalue weighted by Gasteiger charge is -2.19.